The molecule has 0 spiro atoms. The normalized spacial score (nSPS) is 26.8. The minimum atomic E-state index is 0.136. The molecule has 3 fully saturated rings. The van der Waals surface area contributed by atoms with Gasteiger partial charge < -0.3 is 10.1 Å². The molecule has 3 rings (SSSR count). The molecule has 2 saturated carbocycles. The summed E-state index contributed by atoms with van der Waals surface area (Å²) in [5.41, 5.74) is 0. The average Bonchev–Trinajstić information content (AvgIpc) is 3.41. The van der Waals surface area contributed by atoms with E-state index in [-0.39, 0.29) is 12.0 Å². The third-order valence-corrected chi connectivity index (χ3v) is 5.54. The molecule has 0 bridgehead atoms. The number of nitrogens with one attached hydrogen (secondary N) is 1. The van der Waals surface area contributed by atoms with Crippen molar-refractivity contribution in [2.45, 2.75) is 64.6 Å². The Kier molecular flexibility index (Phi) is 6.17. The van der Waals surface area contributed by atoms with Gasteiger partial charge in [0.2, 0.25) is 5.91 Å². The number of hydrogen-bond acceptors (Lipinski definition) is 4. The van der Waals surface area contributed by atoms with E-state index < -0.39 is 0 Å². The molecule has 24 heavy (non-hydrogen) atoms. The molecule has 138 valence electrons. The molecule has 2 aliphatic carbocycles. The van der Waals surface area contributed by atoms with E-state index in [0.717, 1.165) is 32.2 Å². The van der Waals surface area contributed by atoms with Crippen LogP contribution in [0.2, 0.25) is 0 Å². The maximum absolute atomic E-state index is 12.4. The van der Waals surface area contributed by atoms with E-state index in [0.29, 0.717) is 31.1 Å². The summed E-state index contributed by atoms with van der Waals surface area (Å²) >= 11 is 0. The molecule has 1 N–H and O–H groups in total. The summed E-state index contributed by atoms with van der Waals surface area (Å²) in [6, 6.07) is 1.22. The van der Waals surface area contributed by atoms with Crippen molar-refractivity contribution in [2.75, 3.05) is 39.3 Å². The number of carbonyl (C=O) groups is 1. The first-order valence-electron chi connectivity index (χ1n) is 9.89. The second-order valence-electron chi connectivity index (χ2n) is 8.43. The van der Waals surface area contributed by atoms with Crippen LogP contribution in [-0.2, 0) is 9.53 Å². The molecule has 2 atom stereocenters. The first-order chi connectivity index (χ1) is 11.5. The number of hydrogen-bond donors (Lipinski definition) is 1. The lowest BCUT2D eigenvalue weighted by Gasteiger charge is -2.34. The molecule has 5 heteroatoms. The summed E-state index contributed by atoms with van der Waals surface area (Å²) in [6.07, 6.45) is 5.35. The van der Waals surface area contributed by atoms with Gasteiger partial charge in [0.25, 0.3) is 0 Å². The molecule has 1 saturated heterocycles. The number of nitrogens with zero attached hydrogens (tertiary/aromatic N) is 2. The second-order valence-corrected chi connectivity index (χ2v) is 8.43. The Morgan fingerprint density at radius 1 is 1.25 bits per heavy atom. The molecule has 3 aliphatic rings. The minimum absolute atomic E-state index is 0.136. The number of carbonyl (C=O) groups excluding carboxylic acids is 1. The highest BCUT2D eigenvalue weighted by molar-refractivity contribution is 5.78. The molecule has 0 aromatic carbocycles. The van der Waals surface area contributed by atoms with Crippen LogP contribution in [0.4, 0.5) is 0 Å². The lowest BCUT2D eigenvalue weighted by atomic mass is 10.1. The summed E-state index contributed by atoms with van der Waals surface area (Å²) in [4.78, 5) is 17.3. The van der Waals surface area contributed by atoms with E-state index in [9.17, 15) is 4.79 Å². The Morgan fingerprint density at radius 3 is 2.62 bits per heavy atom. The standard InChI is InChI=1S/C19H35N3O2/c1-14(2)11-21-8-9-24-18(12-21)10-20-19(23)13-22(17-6-7-17)15(3)16-4-5-16/h14-18H,4-13H2,1-3H3,(H,20,23). The van der Waals surface area contributed by atoms with Crippen LogP contribution >= 0.6 is 0 Å². The Bertz CT molecular complexity index is 421. The number of rotatable bonds is 9. The van der Waals surface area contributed by atoms with Crippen molar-refractivity contribution < 1.29 is 9.53 Å². The van der Waals surface area contributed by atoms with Crippen LogP contribution < -0.4 is 5.32 Å². The lowest BCUT2D eigenvalue weighted by molar-refractivity contribution is -0.124. The van der Waals surface area contributed by atoms with Gasteiger partial charge in [0.05, 0.1) is 19.3 Å². The van der Waals surface area contributed by atoms with Crippen LogP contribution in [-0.4, -0.2) is 73.2 Å². The van der Waals surface area contributed by atoms with Crippen LogP contribution in [0.1, 0.15) is 46.5 Å². The molecule has 0 aromatic rings. The molecule has 5 nitrogen and oxygen atoms in total. The van der Waals surface area contributed by atoms with Crippen LogP contribution in [0.5, 0.6) is 0 Å². The molecule has 0 radical (unpaired) electrons. The van der Waals surface area contributed by atoms with E-state index in [1.807, 2.05) is 0 Å². The van der Waals surface area contributed by atoms with E-state index >= 15 is 0 Å². The molecule has 1 amide bonds. The summed E-state index contributed by atoms with van der Waals surface area (Å²) in [7, 11) is 0. The molecule has 1 heterocycles. The van der Waals surface area contributed by atoms with Crippen molar-refractivity contribution in [3.05, 3.63) is 0 Å². The van der Waals surface area contributed by atoms with Gasteiger partial charge in [-0.25, -0.2) is 0 Å². The van der Waals surface area contributed by atoms with E-state index in [4.69, 9.17) is 4.74 Å². The van der Waals surface area contributed by atoms with Gasteiger partial charge in [0.15, 0.2) is 0 Å². The van der Waals surface area contributed by atoms with Crippen molar-refractivity contribution >= 4 is 5.91 Å². The highest BCUT2D eigenvalue weighted by atomic mass is 16.5. The van der Waals surface area contributed by atoms with Crippen molar-refractivity contribution in [3.8, 4) is 0 Å². The van der Waals surface area contributed by atoms with Gasteiger partial charge in [-0.05, 0) is 44.4 Å². The SMILES string of the molecule is CC(C)CN1CCOC(CNC(=O)CN(C2CC2)C(C)C2CC2)C1. The predicted molar refractivity (Wildman–Crippen MR) is 95.9 cm³/mol. The van der Waals surface area contributed by atoms with Gasteiger partial charge >= 0.3 is 0 Å². The maximum Gasteiger partial charge on any atom is 0.234 e. The van der Waals surface area contributed by atoms with Crippen LogP contribution in [0.3, 0.4) is 0 Å². The zero-order valence-corrected chi connectivity index (χ0v) is 15.7. The zero-order chi connectivity index (χ0) is 17.1. The number of morpholine rings is 1. The van der Waals surface area contributed by atoms with Crippen LogP contribution in [0, 0.1) is 11.8 Å². The Morgan fingerprint density at radius 2 is 2.00 bits per heavy atom. The third kappa shape index (κ3) is 5.43. The Labute approximate surface area is 147 Å². The average molecular weight is 338 g/mol. The van der Waals surface area contributed by atoms with Gasteiger partial charge in [-0.15, -0.1) is 0 Å². The Balaban J connectivity index is 1.39. The summed E-state index contributed by atoms with van der Waals surface area (Å²) in [5.74, 6) is 1.66. The van der Waals surface area contributed by atoms with Crippen LogP contribution in [0.25, 0.3) is 0 Å². The molecule has 1 aliphatic heterocycles. The van der Waals surface area contributed by atoms with Crippen molar-refractivity contribution in [2.24, 2.45) is 11.8 Å². The van der Waals surface area contributed by atoms with Crippen molar-refractivity contribution in [3.63, 3.8) is 0 Å². The summed E-state index contributed by atoms with van der Waals surface area (Å²) < 4.78 is 5.83. The van der Waals surface area contributed by atoms with Gasteiger partial charge in [-0.1, -0.05) is 13.8 Å². The topological polar surface area (TPSA) is 44.8 Å². The molecule has 2 unspecified atom stereocenters. The fourth-order valence-corrected chi connectivity index (χ4v) is 3.90. The zero-order valence-electron chi connectivity index (χ0n) is 15.7. The van der Waals surface area contributed by atoms with Crippen molar-refractivity contribution in [1.82, 2.24) is 15.1 Å². The van der Waals surface area contributed by atoms with Crippen LogP contribution in [0.15, 0.2) is 0 Å². The smallest absolute Gasteiger partial charge is 0.234 e. The Hall–Kier alpha value is -0.650. The largest absolute Gasteiger partial charge is 0.374 e. The van der Waals surface area contributed by atoms with Gasteiger partial charge in [-0.3, -0.25) is 14.6 Å². The van der Waals surface area contributed by atoms with E-state index in [1.165, 1.54) is 25.7 Å². The van der Waals surface area contributed by atoms with Crippen molar-refractivity contribution in [1.29, 1.82) is 0 Å². The fourth-order valence-electron chi connectivity index (χ4n) is 3.90. The van der Waals surface area contributed by atoms with Gasteiger partial charge in [0.1, 0.15) is 0 Å². The molecular formula is C19H35N3O2. The minimum Gasteiger partial charge on any atom is -0.374 e. The maximum atomic E-state index is 12.4. The first-order valence-corrected chi connectivity index (χ1v) is 9.89. The highest BCUT2D eigenvalue weighted by Crippen LogP contribution is 2.39. The first kappa shape index (κ1) is 18.2. The fraction of sp³-hybridized carbons (Fsp3) is 0.947. The summed E-state index contributed by atoms with van der Waals surface area (Å²) in [5, 5.41) is 3.12. The quantitative estimate of drug-likeness (QED) is 0.696. The predicted octanol–water partition coefficient (Wildman–Crippen LogP) is 1.72. The lowest BCUT2D eigenvalue weighted by Crippen LogP contribution is -2.50. The van der Waals surface area contributed by atoms with Gasteiger partial charge in [0, 0.05) is 38.3 Å². The molecular weight excluding hydrogens is 302 g/mol. The third-order valence-electron chi connectivity index (χ3n) is 5.54. The number of amides is 1. The molecule has 0 aromatic heterocycles. The van der Waals surface area contributed by atoms with Gasteiger partial charge in [-0.2, -0.15) is 0 Å². The number of ether oxygens (including phenoxy) is 1. The second kappa shape index (κ2) is 8.15. The van der Waals surface area contributed by atoms with E-state index in [1.54, 1.807) is 0 Å². The monoisotopic (exact) mass is 337 g/mol. The highest BCUT2D eigenvalue weighted by Gasteiger charge is 2.39. The van der Waals surface area contributed by atoms with E-state index in [2.05, 4.69) is 35.9 Å². The summed E-state index contributed by atoms with van der Waals surface area (Å²) in [6.45, 7) is 11.8.